The lowest BCUT2D eigenvalue weighted by molar-refractivity contribution is 0.421. The number of nitrogens with zero attached hydrogens (tertiary/aromatic N) is 12. The summed E-state index contributed by atoms with van der Waals surface area (Å²) in [5.74, 6) is 0.511. The largest absolute Gasteiger partial charge is 0.384 e. The van der Waals surface area contributed by atoms with E-state index in [-0.39, 0.29) is 24.7 Å². The summed E-state index contributed by atoms with van der Waals surface area (Å²) in [6.07, 6.45) is 7.91. The second kappa shape index (κ2) is 14.8. The van der Waals surface area contributed by atoms with E-state index in [1.54, 1.807) is 89.7 Å². The van der Waals surface area contributed by atoms with Crippen LogP contribution in [-0.2, 0) is 20.1 Å². The molecule has 0 bridgehead atoms. The first-order valence-corrected chi connectivity index (χ1v) is 16.7. The maximum Gasteiger partial charge on any atom is 0.182 e. The Kier molecular flexibility index (Phi) is 9.26. The molecule has 0 saturated heterocycles. The van der Waals surface area contributed by atoms with Crippen LogP contribution in [0.15, 0.2) is 113 Å². The van der Waals surface area contributed by atoms with E-state index >= 15 is 0 Å². The molecule has 7 heterocycles. The lowest BCUT2D eigenvalue weighted by Crippen LogP contribution is -2.06. The van der Waals surface area contributed by atoms with E-state index in [4.69, 9.17) is 14.8 Å². The van der Waals surface area contributed by atoms with Gasteiger partial charge in [-0.25, -0.2) is 33.7 Å². The zero-order chi connectivity index (χ0) is 37.9. The molecule has 2 aromatic carbocycles. The summed E-state index contributed by atoms with van der Waals surface area (Å²) in [7, 11) is 3.62. The maximum atomic E-state index is 14.1. The van der Waals surface area contributed by atoms with E-state index in [0.29, 0.717) is 74.1 Å². The van der Waals surface area contributed by atoms with Crippen molar-refractivity contribution in [1.29, 1.82) is 0 Å². The number of hydrogen-bond donors (Lipinski definition) is 2. The zero-order valence-electron chi connectivity index (χ0n) is 29.2. The van der Waals surface area contributed by atoms with E-state index < -0.39 is 0 Å². The average molecular weight is 741 g/mol. The topological polar surface area (TPSA) is 195 Å². The summed E-state index contributed by atoms with van der Waals surface area (Å²) in [6.45, 7) is 0.458. The van der Waals surface area contributed by atoms with Gasteiger partial charge in [-0.3, -0.25) is 9.36 Å². The third-order valence-electron chi connectivity index (χ3n) is 8.55. The Labute approximate surface area is 310 Å². The van der Waals surface area contributed by atoms with Crippen molar-refractivity contribution in [3.63, 3.8) is 0 Å². The van der Waals surface area contributed by atoms with Crippen molar-refractivity contribution in [3.8, 4) is 45.8 Å². The molecule has 0 saturated carbocycles. The van der Waals surface area contributed by atoms with Crippen LogP contribution in [0.1, 0.15) is 11.1 Å². The summed E-state index contributed by atoms with van der Waals surface area (Å²) in [5.41, 5.74) is 12.5. The van der Waals surface area contributed by atoms with E-state index in [9.17, 15) is 8.78 Å². The molecule has 0 atom stereocenters. The molecule has 9 aromatic rings. The molecule has 0 fully saturated rings. The van der Waals surface area contributed by atoms with Gasteiger partial charge in [0, 0.05) is 37.4 Å². The highest BCUT2D eigenvalue weighted by atomic mass is 19.1. The molecule has 0 unspecified atom stereocenters. The lowest BCUT2D eigenvalue weighted by Gasteiger charge is -2.06. The number of nitrogens with one attached hydrogen (secondary N) is 1. The minimum absolute atomic E-state index is 0.221. The van der Waals surface area contributed by atoms with Crippen LogP contribution < -0.4 is 11.1 Å². The molecule has 55 heavy (non-hydrogen) atoms. The van der Waals surface area contributed by atoms with Crippen LogP contribution >= 0.6 is 0 Å². The van der Waals surface area contributed by atoms with Gasteiger partial charge in [0.05, 0.1) is 48.9 Å². The second-order valence-corrected chi connectivity index (χ2v) is 12.1. The van der Waals surface area contributed by atoms with Crippen LogP contribution in [-0.4, -0.2) is 66.4 Å². The van der Waals surface area contributed by atoms with Gasteiger partial charge in [0.15, 0.2) is 23.1 Å². The Morgan fingerprint density at radius 2 is 1.24 bits per heavy atom. The van der Waals surface area contributed by atoms with Gasteiger partial charge in [-0.1, -0.05) is 46.7 Å². The third-order valence-corrected chi connectivity index (χ3v) is 8.55. The summed E-state index contributed by atoms with van der Waals surface area (Å²) in [6, 6.07) is 20.1. The fourth-order valence-corrected chi connectivity index (χ4v) is 5.72. The molecule has 18 heteroatoms. The number of aryl methyl sites for hydroxylation is 1. The monoisotopic (exact) mass is 740 g/mol. The minimum Gasteiger partial charge on any atom is -0.384 e. The predicted molar refractivity (Wildman–Crippen MR) is 197 cm³/mol. The number of nitrogens with two attached hydrogens (primary N) is 1. The number of halogens is 2. The summed E-state index contributed by atoms with van der Waals surface area (Å²) in [4.78, 5) is 21.7. The zero-order valence-corrected chi connectivity index (χ0v) is 29.2. The number of nitrogen functional groups attached to an aromatic ring is 1. The Morgan fingerprint density at radius 1 is 0.691 bits per heavy atom. The Balaban J connectivity index is 0.000000155. The van der Waals surface area contributed by atoms with Crippen LogP contribution in [0.3, 0.4) is 0 Å². The van der Waals surface area contributed by atoms with Crippen LogP contribution in [0.4, 0.5) is 20.3 Å². The SMILES string of the molecule is CNc1cnc(-c2cc(-c3ccon3)n(Cc3ccccc3F)n2)nc1N.Cn1cnc2nc(-c3cc(-c4ccon4)n(Cc4ccccc4F)n3)ncc21. The number of benzene rings is 2. The fraction of sp³-hybridized carbons (Fsp3) is 0.108. The van der Waals surface area contributed by atoms with Crippen molar-refractivity contribution >= 4 is 22.7 Å². The van der Waals surface area contributed by atoms with Crippen molar-refractivity contribution in [2.45, 2.75) is 13.1 Å². The smallest absolute Gasteiger partial charge is 0.182 e. The predicted octanol–water partition coefficient (Wildman–Crippen LogP) is 5.88. The molecule has 0 spiro atoms. The molecule has 0 aliphatic heterocycles. The molecule has 0 aliphatic rings. The number of hydrogen-bond acceptors (Lipinski definition) is 13. The van der Waals surface area contributed by atoms with Crippen molar-refractivity contribution in [2.75, 3.05) is 18.1 Å². The molecule has 0 radical (unpaired) electrons. The van der Waals surface area contributed by atoms with Crippen molar-refractivity contribution in [3.05, 3.63) is 127 Å². The normalized spacial score (nSPS) is 11.1. The van der Waals surface area contributed by atoms with E-state index in [0.717, 1.165) is 5.52 Å². The molecule has 0 aliphatic carbocycles. The van der Waals surface area contributed by atoms with Gasteiger partial charge in [-0.2, -0.15) is 10.2 Å². The summed E-state index contributed by atoms with van der Waals surface area (Å²) < 4.78 is 43.3. The third kappa shape index (κ3) is 7.10. The Hall–Kier alpha value is -7.63. The van der Waals surface area contributed by atoms with Crippen LogP contribution in [0.25, 0.3) is 57.0 Å². The Bertz CT molecular complexity index is 2720. The van der Waals surface area contributed by atoms with Crippen molar-refractivity contribution in [2.24, 2.45) is 7.05 Å². The standard InChI is InChI=1S/C19H14FN7O.C18H16FN7O/c1-26-11-22-19-17(26)9-21-18(23-19)15-8-16(14-6-7-28-25-14)27(24-15)10-12-4-2-3-5-13(12)20;1-21-15-9-22-18(23-17(15)20)14-8-16(13-6-7-27-25-13)26(24-14)10-11-4-2-3-5-12(11)19/h2-9,11H,10H2,1H3;2-9,21H,10H2,1H3,(H2,20,22,23). The molecular weight excluding hydrogens is 710 g/mol. The van der Waals surface area contributed by atoms with Gasteiger partial charge in [-0.15, -0.1) is 0 Å². The minimum atomic E-state index is -0.306. The van der Waals surface area contributed by atoms with Gasteiger partial charge in [0.1, 0.15) is 52.5 Å². The van der Waals surface area contributed by atoms with Crippen molar-refractivity contribution in [1.82, 2.24) is 59.4 Å². The molecule has 16 nitrogen and oxygen atoms in total. The second-order valence-electron chi connectivity index (χ2n) is 12.1. The Morgan fingerprint density at radius 3 is 1.75 bits per heavy atom. The van der Waals surface area contributed by atoms with Gasteiger partial charge in [0.25, 0.3) is 0 Å². The van der Waals surface area contributed by atoms with E-state index in [2.05, 4.69) is 50.7 Å². The molecule has 274 valence electrons. The number of fused-ring (bicyclic) bond motifs is 1. The quantitative estimate of drug-likeness (QED) is 0.178. The number of aromatic nitrogens is 12. The maximum absolute atomic E-state index is 14.1. The van der Waals surface area contributed by atoms with E-state index in [1.807, 2.05) is 17.7 Å². The lowest BCUT2D eigenvalue weighted by atomic mass is 10.2. The summed E-state index contributed by atoms with van der Waals surface area (Å²) >= 11 is 0. The fourth-order valence-electron chi connectivity index (χ4n) is 5.72. The average Bonchev–Trinajstić information content (AvgIpc) is 4.05. The van der Waals surface area contributed by atoms with Crippen molar-refractivity contribution < 1.29 is 17.8 Å². The molecule has 7 aromatic heterocycles. The molecule has 0 amide bonds. The molecule has 3 N–H and O–H groups in total. The van der Waals surface area contributed by atoms with Gasteiger partial charge in [0.2, 0.25) is 0 Å². The number of anilines is 2. The molecular formula is C37H30F2N14O2. The highest BCUT2D eigenvalue weighted by Gasteiger charge is 2.19. The first-order valence-electron chi connectivity index (χ1n) is 16.7. The highest BCUT2D eigenvalue weighted by molar-refractivity contribution is 5.73. The first kappa shape index (κ1) is 34.5. The van der Waals surface area contributed by atoms with Crippen LogP contribution in [0.2, 0.25) is 0 Å². The molecule has 9 rings (SSSR count). The van der Waals surface area contributed by atoms with Gasteiger partial charge >= 0.3 is 0 Å². The van der Waals surface area contributed by atoms with Gasteiger partial charge < -0.3 is 24.7 Å². The van der Waals surface area contributed by atoms with Gasteiger partial charge in [-0.05, 0) is 24.3 Å². The van der Waals surface area contributed by atoms with Crippen LogP contribution in [0, 0.1) is 11.6 Å². The summed E-state index contributed by atoms with van der Waals surface area (Å²) in [5, 5.41) is 20.0. The first-order chi connectivity index (χ1) is 26.8. The highest BCUT2D eigenvalue weighted by Crippen LogP contribution is 2.28. The van der Waals surface area contributed by atoms with E-state index in [1.165, 1.54) is 24.7 Å². The number of imidazole rings is 1. The number of rotatable bonds is 9. The van der Waals surface area contributed by atoms with Crippen LogP contribution in [0.5, 0.6) is 0 Å².